The first-order valence-corrected chi connectivity index (χ1v) is 5.37. The van der Waals surface area contributed by atoms with E-state index in [9.17, 15) is 9.90 Å². The molecular weight excluding hydrogens is 200 g/mol. The zero-order valence-electron chi connectivity index (χ0n) is 8.53. The number of aromatic hydroxyl groups is 1. The van der Waals surface area contributed by atoms with E-state index in [0.717, 1.165) is 4.88 Å². The topological polar surface area (TPSA) is 46.5 Å². The van der Waals surface area contributed by atoms with Gasteiger partial charge in [0.15, 0.2) is 4.88 Å². The lowest BCUT2D eigenvalue weighted by Crippen LogP contribution is -2.01. The molecule has 4 heteroatoms. The Balaban J connectivity index is 2.92. The van der Waals surface area contributed by atoms with Crippen molar-refractivity contribution in [2.45, 2.75) is 26.7 Å². The lowest BCUT2D eigenvalue weighted by Gasteiger charge is -1.98. The molecule has 0 spiro atoms. The molecule has 1 N–H and O–H groups in total. The van der Waals surface area contributed by atoms with E-state index in [2.05, 4.69) is 0 Å². The smallest absolute Gasteiger partial charge is 0.352 e. The van der Waals surface area contributed by atoms with Gasteiger partial charge in [0.2, 0.25) is 0 Å². The van der Waals surface area contributed by atoms with Crippen LogP contribution in [0.2, 0.25) is 0 Å². The van der Waals surface area contributed by atoms with E-state index < -0.39 is 5.97 Å². The van der Waals surface area contributed by atoms with Crippen molar-refractivity contribution in [1.82, 2.24) is 0 Å². The highest BCUT2D eigenvalue weighted by atomic mass is 32.1. The van der Waals surface area contributed by atoms with Crippen molar-refractivity contribution < 1.29 is 14.6 Å². The molecule has 3 nitrogen and oxygen atoms in total. The van der Waals surface area contributed by atoms with Crippen LogP contribution in [-0.2, 0) is 4.74 Å². The Hall–Kier alpha value is -1.03. The standard InChI is InChI=1S/C10H14O3S/c1-4-13-10(12)9-7(11)5-8(14-9)6(2)3/h5-6,11H,4H2,1-3H3. The second kappa shape index (κ2) is 4.46. The third kappa shape index (κ3) is 2.26. The molecule has 0 atom stereocenters. The molecule has 1 heterocycles. The molecule has 0 aromatic carbocycles. The Morgan fingerprint density at radius 2 is 2.29 bits per heavy atom. The number of thiophene rings is 1. The lowest BCUT2D eigenvalue weighted by molar-refractivity contribution is 0.0529. The summed E-state index contributed by atoms with van der Waals surface area (Å²) in [5, 5.41) is 9.49. The van der Waals surface area contributed by atoms with Crippen LogP contribution < -0.4 is 0 Å². The van der Waals surface area contributed by atoms with Gasteiger partial charge >= 0.3 is 5.97 Å². The fourth-order valence-electron chi connectivity index (χ4n) is 1.03. The maximum Gasteiger partial charge on any atom is 0.352 e. The monoisotopic (exact) mass is 214 g/mol. The molecule has 0 saturated carbocycles. The average molecular weight is 214 g/mol. The quantitative estimate of drug-likeness (QED) is 0.787. The van der Waals surface area contributed by atoms with Crippen molar-refractivity contribution in [3.05, 3.63) is 15.8 Å². The fourth-order valence-corrected chi connectivity index (χ4v) is 1.98. The van der Waals surface area contributed by atoms with Crippen molar-refractivity contribution >= 4 is 17.3 Å². The van der Waals surface area contributed by atoms with Crippen LogP contribution >= 0.6 is 11.3 Å². The Morgan fingerprint density at radius 1 is 1.64 bits per heavy atom. The molecule has 0 radical (unpaired) electrons. The second-order valence-electron chi connectivity index (χ2n) is 3.24. The summed E-state index contributed by atoms with van der Waals surface area (Å²) in [6, 6.07) is 1.63. The summed E-state index contributed by atoms with van der Waals surface area (Å²) < 4.78 is 4.81. The van der Waals surface area contributed by atoms with E-state index >= 15 is 0 Å². The zero-order chi connectivity index (χ0) is 10.7. The molecule has 0 aliphatic carbocycles. The summed E-state index contributed by atoms with van der Waals surface area (Å²) in [5.74, 6) is -0.104. The van der Waals surface area contributed by atoms with Gasteiger partial charge in [-0.1, -0.05) is 13.8 Å². The minimum atomic E-state index is -0.443. The third-order valence-electron chi connectivity index (χ3n) is 1.76. The van der Waals surface area contributed by atoms with E-state index in [1.165, 1.54) is 11.3 Å². The number of carbonyl (C=O) groups excluding carboxylic acids is 1. The Kier molecular flexibility index (Phi) is 3.52. The van der Waals surface area contributed by atoms with Gasteiger partial charge in [0.05, 0.1) is 6.61 Å². The normalized spacial score (nSPS) is 10.6. The van der Waals surface area contributed by atoms with Crippen LogP contribution in [0.15, 0.2) is 6.07 Å². The molecule has 0 bridgehead atoms. The van der Waals surface area contributed by atoms with Crippen molar-refractivity contribution in [2.75, 3.05) is 6.61 Å². The minimum absolute atomic E-state index is 0.0251. The summed E-state index contributed by atoms with van der Waals surface area (Å²) in [7, 11) is 0. The van der Waals surface area contributed by atoms with Crippen LogP contribution in [0.25, 0.3) is 0 Å². The SMILES string of the molecule is CCOC(=O)c1sc(C(C)C)cc1O. The largest absolute Gasteiger partial charge is 0.506 e. The van der Waals surface area contributed by atoms with Gasteiger partial charge in [-0.25, -0.2) is 4.79 Å². The van der Waals surface area contributed by atoms with Gasteiger partial charge in [-0.2, -0.15) is 0 Å². The first kappa shape index (κ1) is 11.0. The number of rotatable bonds is 3. The van der Waals surface area contributed by atoms with Gasteiger partial charge in [0, 0.05) is 4.88 Å². The minimum Gasteiger partial charge on any atom is -0.506 e. The number of carbonyl (C=O) groups is 1. The van der Waals surface area contributed by atoms with E-state index in [1.54, 1.807) is 13.0 Å². The summed E-state index contributed by atoms with van der Waals surface area (Å²) in [6.45, 7) is 6.10. The molecule has 0 aliphatic rings. The van der Waals surface area contributed by atoms with E-state index in [-0.39, 0.29) is 5.75 Å². The van der Waals surface area contributed by atoms with E-state index in [1.807, 2.05) is 13.8 Å². The van der Waals surface area contributed by atoms with Crippen LogP contribution in [-0.4, -0.2) is 17.7 Å². The Morgan fingerprint density at radius 3 is 2.71 bits per heavy atom. The van der Waals surface area contributed by atoms with Crippen LogP contribution in [0.3, 0.4) is 0 Å². The molecule has 0 saturated heterocycles. The number of esters is 1. The molecular formula is C10H14O3S. The van der Waals surface area contributed by atoms with Gasteiger partial charge in [0.25, 0.3) is 0 Å². The molecule has 14 heavy (non-hydrogen) atoms. The predicted molar refractivity (Wildman–Crippen MR) is 56.0 cm³/mol. The molecule has 0 aliphatic heterocycles. The summed E-state index contributed by atoms with van der Waals surface area (Å²) in [6.07, 6.45) is 0. The van der Waals surface area contributed by atoms with E-state index in [4.69, 9.17) is 4.74 Å². The highest BCUT2D eigenvalue weighted by molar-refractivity contribution is 7.14. The third-order valence-corrected chi connectivity index (χ3v) is 3.17. The Bertz CT molecular complexity index is 328. The van der Waals surface area contributed by atoms with Gasteiger partial charge in [-0.15, -0.1) is 11.3 Å². The maximum absolute atomic E-state index is 11.3. The molecule has 0 fully saturated rings. The molecule has 1 aromatic rings. The molecule has 0 unspecified atom stereocenters. The summed E-state index contributed by atoms with van der Waals surface area (Å²) in [5.41, 5.74) is 0. The number of hydrogen-bond donors (Lipinski definition) is 1. The van der Waals surface area contributed by atoms with Crippen molar-refractivity contribution in [3.63, 3.8) is 0 Å². The predicted octanol–water partition coefficient (Wildman–Crippen LogP) is 2.75. The fraction of sp³-hybridized carbons (Fsp3) is 0.500. The van der Waals surface area contributed by atoms with Gasteiger partial charge in [-0.05, 0) is 18.9 Å². The van der Waals surface area contributed by atoms with Crippen LogP contribution in [0.4, 0.5) is 0 Å². The second-order valence-corrected chi connectivity index (χ2v) is 4.32. The van der Waals surface area contributed by atoms with Gasteiger partial charge < -0.3 is 9.84 Å². The first-order valence-electron chi connectivity index (χ1n) is 4.56. The van der Waals surface area contributed by atoms with Gasteiger partial charge in [0.1, 0.15) is 5.75 Å². The molecule has 1 aromatic heterocycles. The maximum atomic E-state index is 11.3. The van der Waals surface area contributed by atoms with Crippen LogP contribution in [0.1, 0.15) is 41.2 Å². The highest BCUT2D eigenvalue weighted by Gasteiger charge is 2.17. The van der Waals surface area contributed by atoms with Crippen molar-refractivity contribution in [3.8, 4) is 5.75 Å². The summed E-state index contributed by atoms with van der Waals surface area (Å²) in [4.78, 5) is 12.6. The highest BCUT2D eigenvalue weighted by Crippen LogP contribution is 2.33. The van der Waals surface area contributed by atoms with Gasteiger partial charge in [-0.3, -0.25) is 0 Å². The number of hydrogen-bond acceptors (Lipinski definition) is 4. The first-order chi connectivity index (χ1) is 6.56. The Labute approximate surface area is 87.3 Å². The van der Waals surface area contributed by atoms with Crippen LogP contribution in [0, 0.1) is 0 Å². The van der Waals surface area contributed by atoms with Crippen LogP contribution in [0.5, 0.6) is 5.75 Å². The average Bonchev–Trinajstić information content (AvgIpc) is 2.48. The lowest BCUT2D eigenvalue weighted by atomic mass is 10.2. The van der Waals surface area contributed by atoms with Crippen molar-refractivity contribution in [1.29, 1.82) is 0 Å². The van der Waals surface area contributed by atoms with E-state index in [0.29, 0.717) is 17.4 Å². The molecule has 78 valence electrons. The zero-order valence-corrected chi connectivity index (χ0v) is 9.35. The summed E-state index contributed by atoms with van der Waals surface area (Å²) >= 11 is 1.29. The molecule has 1 rings (SSSR count). The van der Waals surface area contributed by atoms with Crippen molar-refractivity contribution in [2.24, 2.45) is 0 Å². The molecule has 0 amide bonds. The number of ether oxygens (including phenoxy) is 1.